The number of fused-ring (bicyclic) bond motifs is 15. The lowest BCUT2D eigenvalue weighted by Gasteiger charge is -2.48. The monoisotopic (exact) mass is 1820 g/mol. The molecule has 0 aromatic heterocycles. The SMILES string of the molecule is CN[C@H](CC(C)C)C(=O)N[C@H]1C(=O)N[C@@H](CC(N)=O)C(=O)N[C@H]2C(=O)N[C@H]3C(=O)N[C@H](C(=O)N[C@@H](C(=O)NNCCO)c4cc(O)cc(O)c4-c4cc3ccc4O)[C@H](O)c3ccc(c(Cl)c3)Oc3cc2cc(c3OC2O[C@H](CO)[C@@H](O)[C@H](O)[C@H]2O[C@H]2C[C@@](C)(NCc3ccc(NC(=O)c4ccc(OC(F)(F)F)c(F)c4)cc3)[C@H](O)[C@H](C)O2)Oc2ccc(cc2Cl)[C@H]1O. The number of aliphatic hydroxyl groups excluding tert-OH is 7. The number of phenols is 3. The number of rotatable bonds is 22. The second kappa shape index (κ2) is 39.6. The number of likely N-dealkylation sites (N-methyl/N-ethyl adjacent to an activating group) is 1. The zero-order valence-electron chi connectivity index (χ0n) is 67.7. The van der Waals surface area contributed by atoms with Crippen molar-refractivity contribution < 1.29 is 145 Å². The molecule has 38 nitrogen and oxygen atoms in total. The molecule has 44 heteroatoms. The Kier molecular flexibility index (Phi) is 29.4. The third-order valence-electron chi connectivity index (χ3n) is 21.5. The van der Waals surface area contributed by atoms with Crippen molar-refractivity contribution in [2.45, 2.75) is 169 Å². The molecule has 0 radical (unpaired) electrons. The first kappa shape index (κ1) is 94.3. The number of carbonyl (C=O) groups is 9. The molecule has 0 saturated carbocycles. The van der Waals surface area contributed by atoms with Crippen LogP contribution in [0.15, 0.2) is 121 Å². The van der Waals surface area contributed by atoms with Crippen LogP contribution in [0.1, 0.15) is 121 Å². The highest BCUT2D eigenvalue weighted by atomic mass is 35.5. The summed E-state index contributed by atoms with van der Waals surface area (Å²) in [6.07, 6.45) is -25.0. The molecule has 2 fully saturated rings. The van der Waals surface area contributed by atoms with E-state index < -0.39 is 278 Å². The molecule has 0 aliphatic carbocycles. The van der Waals surface area contributed by atoms with E-state index in [0.29, 0.717) is 17.7 Å². The second-order valence-corrected chi connectivity index (χ2v) is 31.9. The van der Waals surface area contributed by atoms with E-state index in [1.54, 1.807) is 32.9 Å². The van der Waals surface area contributed by atoms with Crippen LogP contribution in [0.3, 0.4) is 0 Å². The van der Waals surface area contributed by atoms with E-state index in [0.717, 1.165) is 78.9 Å². The van der Waals surface area contributed by atoms with Crippen molar-refractivity contribution in [3.63, 3.8) is 0 Å². The van der Waals surface area contributed by atoms with Crippen LogP contribution in [-0.4, -0.2) is 216 Å². The Morgan fingerprint density at radius 3 is 1.95 bits per heavy atom. The molecule has 9 amide bonds. The molecule has 7 aliphatic rings. The molecule has 14 rings (SSSR count). The van der Waals surface area contributed by atoms with Crippen molar-refractivity contribution >= 4 is 82.1 Å². The fourth-order valence-electron chi connectivity index (χ4n) is 15.0. The average Bonchev–Trinajstić information content (AvgIpc) is 0.763. The highest BCUT2D eigenvalue weighted by Crippen LogP contribution is 2.50. The molecule has 7 aromatic carbocycles. The van der Waals surface area contributed by atoms with Gasteiger partial charge in [0.15, 0.2) is 35.5 Å². The number of halogens is 6. The summed E-state index contributed by atoms with van der Waals surface area (Å²) in [5.74, 6) is -19.3. The van der Waals surface area contributed by atoms with Gasteiger partial charge in [0.05, 0.1) is 47.9 Å². The van der Waals surface area contributed by atoms with Crippen molar-refractivity contribution in [1.82, 2.24) is 53.4 Å². The minimum Gasteiger partial charge on any atom is -0.508 e. The number of hydrogen-bond donors (Lipinski definition) is 22. The van der Waals surface area contributed by atoms with Gasteiger partial charge in [-0.1, -0.05) is 67.4 Å². The quantitative estimate of drug-likeness (QED) is 0.0263. The van der Waals surface area contributed by atoms with Gasteiger partial charge in [0, 0.05) is 53.5 Å². The maximum absolute atomic E-state index is 16.3. The van der Waals surface area contributed by atoms with Crippen molar-refractivity contribution in [2.24, 2.45) is 11.7 Å². The molecule has 127 heavy (non-hydrogen) atoms. The number of nitrogens with two attached hydrogens (primary N) is 1. The number of anilines is 1. The Morgan fingerprint density at radius 2 is 1.34 bits per heavy atom. The molecule has 1 unspecified atom stereocenters. The number of aromatic hydroxyl groups is 3. The van der Waals surface area contributed by atoms with E-state index in [1.165, 1.54) is 32.2 Å². The van der Waals surface area contributed by atoms with Crippen LogP contribution in [0, 0.1) is 11.7 Å². The fraction of sp³-hybridized carbons (Fsp3) is 0.386. The maximum Gasteiger partial charge on any atom is 0.573 e. The summed E-state index contributed by atoms with van der Waals surface area (Å²) in [4.78, 5) is 133. The topological polar surface area (TPSA) is 579 Å². The minimum atomic E-state index is -5.21. The summed E-state index contributed by atoms with van der Waals surface area (Å²) in [5.41, 5.74) is 6.60. The predicted molar refractivity (Wildman–Crippen MR) is 435 cm³/mol. The zero-order valence-corrected chi connectivity index (χ0v) is 69.3. The number of phenolic OH excluding ortho intramolecular Hbond substituents is 3. The molecule has 11 bridgehead atoms. The van der Waals surface area contributed by atoms with Gasteiger partial charge in [-0.2, -0.15) is 0 Å². The highest BCUT2D eigenvalue weighted by molar-refractivity contribution is 6.32. The number of ether oxygens (including phenoxy) is 7. The molecular weight excluding hydrogens is 1730 g/mol. The van der Waals surface area contributed by atoms with Gasteiger partial charge in [-0.05, 0) is 152 Å². The third-order valence-corrected chi connectivity index (χ3v) is 22.1. The van der Waals surface area contributed by atoms with E-state index in [9.17, 15) is 87.8 Å². The number of nitrogens with one attached hydrogen (secondary N) is 11. The van der Waals surface area contributed by atoms with Gasteiger partial charge in [0.25, 0.3) is 11.8 Å². The Morgan fingerprint density at radius 1 is 0.701 bits per heavy atom. The minimum absolute atomic E-state index is 0.0339. The Labute approximate surface area is 729 Å². The number of hydrogen-bond acceptors (Lipinski definition) is 29. The number of benzene rings is 7. The number of aliphatic hydroxyl groups is 7. The van der Waals surface area contributed by atoms with Gasteiger partial charge in [0.1, 0.15) is 95.5 Å². The van der Waals surface area contributed by atoms with Crippen molar-refractivity contribution in [2.75, 3.05) is 32.1 Å². The summed E-state index contributed by atoms with van der Waals surface area (Å²) in [5, 5.41) is 139. The number of amides is 9. The first-order chi connectivity index (χ1) is 60.1. The molecule has 0 spiro atoms. The van der Waals surface area contributed by atoms with Gasteiger partial charge in [0.2, 0.25) is 53.4 Å². The number of primary amides is 1. The zero-order chi connectivity index (χ0) is 92.1. The van der Waals surface area contributed by atoms with Crippen LogP contribution < -0.4 is 83.4 Å². The van der Waals surface area contributed by atoms with Crippen LogP contribution in [0.25, 0.3) is 11.1 Å². The normalized spacial score (nSPS) is 25.8. The number of carbonyl (C=O) groups excluding carboxylic acids is 9. The molecule has 23 N–H and O–H groups in total. The van der Waals surface area contributed by atoms with E-state index in [2.05, 4.69) is 63.4 Å². The van der Waals surface area contributed by atoms with Crippen LogP contribution in [0.2, 0.25) is 10.0 Å². The summed E-state index contributed by atoms with van der Waals surface area (Å²) >= 11 is 14.3. The summed E-state index contributed by atoms with van der Waals surface area (Å²) in [7, 11) is 1.45. The molecule has 18 atom stereocenters. The van der Waals surface area contributed by atoms with Gasteiger partial charge in [-0.25, -0.2) is 9.82 Å². The van der Waals surface area contributed by atoms with Gasteiger partial charge >= 0.3 is 6.36 Å². The lowest BCUT2D eigenvalue weighted by molar-refractivity contribution is -0.334. The van der Waals surface area contributed by atoms with Crippen molar-refractivity contribution in [3.8, 4) is 62.9 Å². The fourth-order valence-corrected chi connectivity index (χ4v) is 15.4. The van der Waals surface area contributed by atoms with Crippen molar-refractivity contribution in [1.29, 1.82) is 0 Å². The molecule has 7 aromatic rings. The van der Waals surface area contributed by atoms with Crippen molar-refractivity contribution in [3.05, 3.63) is 176 Å². The Hall–Kier alpha value is -11.9. The Bertz CT molecular complexity index is 5340. The molecule has 680 valence electrons. The van der Waals surface area contributed by atoms with E-state index >= 15 is 24.0 Å². The summed E-state index contributed by atoms with van der Waals surface area (Å²) in [6, 6.07) is 7.27. The largest absolute Gasteiger partial charge is 0.573 e. The number of alkyl halides is 3. The second-order valence-electron chi connectivity index (χ2n) is 31.1. The van der Waals surface area contributed by atoms with Crippen LogP contribution in [0.5, 0.6) is 51.7 Å². The first-order valence-electron chi connectivity index (χ1n) is 39.4. The summed E-state index contributed by atoms with van der Waals surface area (Å²) in [6.45, 7) is 4.76. The van der Waals surface area contributed by atoms with Gasteiger partial charge < -0.3 is 138 Å². The molecule has 7 aliphatic heterocycles. The standard InChI is InChI=1S/C83H90Cl2F4N12O26/c1-33(2)20-48(91-5)74(114)99-64-66(108)37-9-15-52(45(84)22-37)122-55-25-40-26-56(70(55)126-81-71(69(111)68(110)57(32-103)124-81)125-59-30-82(4,72(112)34(3)121-59)92-31-35-6-12-41(13-7-35)94-73(113)39-11-17-54(47(86)24-39)127-83(87,88)89)123-53-16-10-38(23-46(53)85)67(109)65-79(119)98-63(80(120)101-93-18-19-102)44-27-42(104)28-51(106)60(44)43-21-36(8-14-50(43)105)61(76(116)100-65)97-77(117)62(40)96-75(115)49(29-58(90)107)95-78(64)118/h6-17,21-28,33-34,48-49,57,59,61-69,71-72,81,91-93,102-106,108-112H,18-20,29-32H2,1-5H3,(H2,90,107)(H,94,113)(H,95,118)(H,96,115)(H,97,117)(H,98,119)(H,99,114)(H,100,116)(H,101,120)/t34-,48+,49-,57+,59-,61+,62+,63+,64+,65-,66+,67+,68+,69-,71+,72+,81?,82+/m0/s1. The average molecular weight is 1820 g/mol. The lowest BCUT2D eigenvalue weighted by atomic mass is 9.84. The van der Waals surface area contributed by atoms with E-state index in [1.807, 2.05) is 0 Å². The predicted octanol–water partition coefficient (Wildman–Crippen LogP) is 2.76. The van der Waals surface area contributed by atoms with Gasteiger partial charge in [-0.3, -0.25) is 48.6 Å². The molecule has 7 heterocycles. The van der Waals surface area contributed by atoms with Crippen LogP contribution >= 0.6 is 23.2 Å². The van der Waals surface area contributed by atoms with Crippen LogP contribution in [-0.2, 0) is 59.1 Å². The van der Waals surface area contributed by atoms with E-state index in [4.69, 9.17) is 57.4 Å². The lowest BCUT2D eigenvalue weighted by Crippen LogP contribution is -2.65. The van der Waals surface area contributed by atoms with Crippen LogP contribution in [0.4, 0.5) is 23.2 Å². The smallest absolute Gasteiger partial charge is 0.508 e. The highest BCUT2D eigenvalue weighted by Gasteiger charge is 2.53. The third kappa shape index (κ3) is 21.7. The number of hydrazine groups is 1. The van der Waals surface area contributed by atoms with Gasteiger partial charge in [-0.15, -0.1) is 13.2 Å². The van der Waals surface area contributed by atoms with E-state index in [-0.39, 0.29) is 59.8 Å². The Balaban J connectivity index is 0.998. The maximum atomic E-state index is 16.3. The summed E-state index contributed by atoms with van der Waals surface area (Å²) < 4.78 is 96.0. The first-order valence-corrected chi connectivity index (χ1v) is 40.2. The molecular formula is C83H90Cl2F4N12O26. The molecule has 2 saturated heterocycles.